The maximum atomic E-state index is 9.23. The van der Waals surface area contributed by atoms with Crippen LogP contribution in [0.25, 0.3) is 11.1 Å². The van der Waals surface area contributed by atoms with Crippen LogP contribution >= 0.6 is 0 Å². The van der Waals surface area contributed by atoms with Crippen molar-refractivity contribution in [3.8, 4) is 16.9 Å². The molecule has 0 spiro atoms. The number of hydrogen-bond acceptors (Lipinski definition) is 2. The predicted molar refractivity (Wildman–Crippen MR) is 57.6 cm³/mol. The van der Waals surface area contributed by atoms with Gasteiger partial charge in [0.1, 0.15) is 5.75 Å². The lowest BCUT2D eigenvalue weighted by atomic mass is 10.1. The summed E-state index contributed by atoms with van der Waals surface area (Å²) in [4.78, 5) is 0. The van der Waals surface area contributed by atoms with Gasteiger partial charge in [0, 0.05) is 17.8 Å². The van der Waals surface area contributed by atoms with Crippen molar-refractivity contribution in [2.24, 2.45) is 0 Å². The van der Waals surface area contributed by atoms with Crippen molar-refractivity contribution in [3.05, 3.63) is 36.2 Å². The third-order valence-corrected chi connectivity index (χ3v) is 2.91. The fraction of sp³-hybridized carbons (Fsp3) is 0.250. The minimum Gasteiger partial charge on any atom is -0.508 e. The number of rotatable bonds is 1. The Labute approximate surface area is 88.0 Å². The second-order valence-corrected chi connectivity index (χ2v) is 3.88. The third kappa shape index (κ3) is 1.31. The summed E-state index contributed by atoms with van der Waals surface area (Å²) < 4.78 is 2.07. The Morgan fingerprint density at radius 1 is 1.20 bits per heavy atom. The van der Waals surface area contributed by atoms with Crippen LogP contribution in [0.4, 0.5) is 0 Å². The highest BCUT2D eigenvalue weighted by atomic mass is 16.3. The van der Waals surface area contributed by atoms with Crippen molar-refractivity contribution >= 4 is 0 Å². The van der Waals surface area contributed by atoms with E-state index in [1.54, 1.807) is 12.1 Å². The van der Waals surface area contributed by atoms with Crippen molar-refractivity contribution < 1.29 is 5.11 Å². The molecule has 15 heavy (non-hydrogen) atoms. The molecule has 0 saturated heterocycles. The first-order valence-electron chi connectivity index (χ1n) is 5.19. The average Bonchev–Trinajstić information content (AvgIpc) is 2.80. The number of aryl methyl sites for hydroxylation is 1. The number of fused-ring (bicyclic) bond motifs is 1. The number of aromatic nitrogens is 2. The highest BCUT2D eigenvalue weighted by Crippen LogP contribution is 2.28. The summed E-state index contributed by atoms with van der Waals surface area (Å²) in [5.74, 6) is 0.308. The van der Waals surface area contributed by atoms with Gasteiger partial charge in [-0.05, 0) is 30.5 Å². The van der Waals surface area contributed by atoms with Crippen molar-refractivity contribution in [1.82, 2.24) is 9.78 Å². The molecule has 1 N–H and O–H groups in total. The van der Waals surface area contributed by atoms with Gasteiger partial charge in [0.15, 0.2) is 0 Å². The molecule has 0 radical (unpaired) electrons. The van der Waals surface area contributed by atoms with Gasteiger partial charge >= 0.3 is 0 Å². The molecule has 1 aromatic heterocycles. The quantitative estimate of drug-likeness (QED) is 0.766. The Hall–Kier alpha value is -1.77. The molecule has 1 aromatic carbocycles. The molecule has 3 nitrogen and oxygen atoms in total. The van der Waals surface area contributed by atoms with Gasteiger partial charge in [0.2, 0.25) is 0 Å². The Morgan fingerprint density at radius 2 is 2.00 bits per heavy atom. The van der Waals surface area contributed by atoms with Gasteiger partial charge in [-0.2, -0.15) is 5.10 Å². The van der Waals surface area contributed by atoms with Gasteiger partial charge in [0.05, 0.1) is 6.20 Å². The van der Waals surface area contributed by atoms with Crippen LogP contribution < -0.4 is 0 Å². The molecule has 76 valence electrons. The largest absolute Gasteiger partial charge is 0.508 e. The van der Waals surface area contributed by atoms with Gasteiger partial charge in [-0.3, -0.25) is 4.68 Å². The number of hydrogen-bond donors (Lipinski definition) is 1. The van der Waals surface area contributed by atoms with E-state index in [-0.39, 0.29) is 0 Å². The summed E-state index contributed by atoms with van der Waals surface area (Å²) in [7, 11) is 0. The first kappa shape index (κ1) is 8.53. The summed E-state index contributed by atoms with van der Waals surface area (Å²) in [5, 5.41) is 13.6. The van der Waals surface area contributed by atoms with Crippen LogP contribution in [0.1, 0.15) is 12.1 Å². The number of aromatic hydroxyl groups is 1. The predicted octanol–water partition coefficient (Wildman–Crippen LogP) is 2.20. The number of benzene rings is 1. The monoisotopic (exact) mass is 200 g/mol. The number of phenols is 1. The Balaban J connectivity index is 2.09. The molecule has 2 heterocycles. The van der Waals surface area contributed by atoms with Gasteiger partial charge in [-0.25, -0.2) is 0 Å². The average molecular weight is 200 g/mol. The molecule has 0 aliphatic carbocycles. The molecule has 0 bridgehead atoms. The summed E-state index contributed by atoms with van der Waals surface area (Å²) >= 11 is 0. The molecule has 0 unspecified atom stereocenters. The van der Waals surface area contributed by atoms with Crippen LogP contribution in [-0.4, -0.2) is 14.9 Å². The van der Waals surface area contributed by atoms with E-state index >= 15 is 0 Å². The minimum absolute atomic E-state index is 0.308. The highest BCUT2D eigenvalue weighted by Gasteiger charge is 2.16. The number of phenolic OH excluding ortho intramolecular Hbond substituents is 1. The zero-order chi connectivity index (χ0) is 10.3. The van der Waals surface area contributed by atoms with Gasteiger partial charge < -0.3 is 5.11 Å². The van der Waals surface area contributed by atoms with Crippen molar-refractivity contribution in [2.75, 3.05) is 0 Å². The first-order valence-corrected chi connectivity index (χ1v) is 5.19. The molecular weight excluding hydrogens is 188 g/mol. The van der Waals surface area contributed by atoms with Crippen LogP contribution in [0.2, 0.25) is 0 Å². The normalized spacial score (nSPS) is 14.1. The second-order valence-electron chi connectivity index (χ2n) is 3.88. The molecular formula is C12H12N2O. The summed E-state index contributed by atoms with van der Waals surface area (Å²) in [6.07, 6.45) is 4.21. The van der Waals surface area contributed by atoms with E-state index in [0.717, 1.165) is 18.5 Å². The second kappa shape index (κ2) is 3.12. The third-order valence-electron chi connectivity index (χ3n) is 2.91. The van der Waals surface area contributed by atoms with E-state index in [1.165, 1.54) is 17.7 Å². The summed E-state index contributed by atoms with van der Waals surface area (Å²) in [6.45, 7) is 1.04. The fourth-order valence-electron chi connectivity index (χ4n) is 2.15. The molecule has 0 atom stereocenters. The maximum Gasteiger partial charge on any atom is 0.115 e. The maximum absolute atomic E-state index is 9.23. The minimum atomic E-state index is 0.308. The topological polar surface area (TPSA) is 38.1 Å². The lowest BCUT2D eigenvalue weighted by Crippen LogP contribution is -1.93. The van der Waals surface area contributed by atoms with Crippen molar-refractivity contribution in [1.29, 1.82) is 0 Å². The molecule has 2 aromatic rings. The summed E-state index contributed by atoms with van der Waals surface area (Å²) in [6, 6.07) is 7.31. The SMILES string of the molecule is Oc1ccc(-c2cnn3c2CCC3)cc1. The van der Waals surface area contributed by atoms with E-state index < -0.39 is 0 Å². The first-order chi connectivity index (χ1) is 7.34. The zero-order valence-corrected chi connectivity index (χ0v) is 8.35. The molecule has 1 aliphatic heterocycles. The standard InChI is InChI=1S/C12H12N2O/c15-10-5-3-9(4-6-10)11-8-13-14-7-1-2-12(11)14/h3-6,8,15H,1-2,7H2. The van der Waals surface area contributed by atoms with Crippen LogP contribution in [0.3, 0.4) is 0 Å². The van der Waals surface area contributed by atoms with Crippen molar-refractivity contribution in [3.63, 3.8) is 0 Å². The zero-order valence-electron chi connectivity index (χ0n) is 8.35. The Bertz CT molecular complexity index is 485. The van der Waals surface area contributed by atoms with E-state index in [4.69, 9.17) is 0 Å². The molecule has 0 saturated carbocycles. The van der Waals surface area contributed by atoms with E-state index in [2.05, 4.69) is 9.78 Å². The van der Waals surface area contributed by atoms with Crippen LogP contribution in [0.15, 0.2) is 30.5 Å². The molecule has 0 amide bonds. The smallest absolute Gasteiger partial charge is 0.115 e. The fourth-order valence-corrected chi connectivity index (χ4v) is 2.15. The summed E-state index contributed by atoms with van der Waals surface area (Å²) in [5.41, 5.74) is 3.66. The van der Waals surface area contributed by atoms with E-state index in [1.807, 2.05) is 18.3 Å². The Morgan fingerprint density at radius 3 is 2.80 bits per heavy atom. The number of nitrogens with zero attached hydrogens (tertiary/aromatic N) is 2. The van der Waals surface area contributed by atoms with Gasteiger partial charge in [-0.1, -0.05) is 12.1 Å². The van der Waals surface area contributed by atoms with Gasteiger partial charge in [-0.15, -0.1) is 0 Å². The molecule has 1 aliphatic rings. The van der Waals surface area contributed by atoms with Gasteiger partial charge in [0.25, 0.3) is 0 Å². The molecule has 3 rings (SSSR count). The van der Waals surface area contributed by atoms with Crippen LogP contribution in [0, 0.1) is 0 Å². The van der Waals surface area contributed by atoms with E-state index in [9.17, 15) is 5.11 Å². The lowest BCUT2D eigenvalue weighted by Gasteiger charge is -2.00. The molecule has 3 heteroatoms. The van der Waals surface area contributed by atoms with E-state index in [0.29, 0.717) is 5.75 Å². The van der Waals surface area contributed by atoms with Crippen molar-refractivity contribution in [2.45, 2.75) is 19.4 Å². The lowest BCUT2D eigenvalue weighted by molar-refractivity contribution is 0.475. The van der Waals surface area contributed by atoms with Crippen LogP contribution in [-0.2, 0) is 13.0 Å². The Kier molecular flexibility index (Phi) is 1.78. The molecule has 0 fully saturated rings. The highest BCUT2D eigenvalue weighted by molar-refractivity contribution is 5.66. The van der Waals surface area contributed by atoms with Crippen LogP contribution in [0.5, 0.6) is 5.75 Å².